The number of ether oxygens (including phenoxy) is 1. The van der Waals surface area contributed by atoms with Crippen LogP contribution in [0, 0.1) is 6.92 Å². The van der Waals surface area contributed by atoms with Crippen molar-refractivity contribution in [1.29, 1.82) is 0 Å². The number of aryl methyl sites for hydroxylation is 1. The van der Waals surface area contributed by atoms with E-state index in [2.05, 4.69) is 5.10 Å². The van der Waals surface area contributed by atoms with Crippen LogP contribution in [-0.2, 0) is 17.5 Å². The van der Waals surface area contributed by atoms with E-state index in [9.17, 15) is 13.2 Å². The largest absolute Gasteiger partial charge is 0.501 e. The van der Waals surface area contributed by atoms with Crippen LogP contribution in [0.4, 0.5) is 13.2 Å². The maximum Gasteiger partial charge on any atom is 0.435 e. The summed E-state index contributed by atoms with van der Waals surface area (Å²) in [6, 6.07) is 1.07. The Kier molecular flexibility index (Phi) is 3.68. The molecule has 0 amide bonds. The van der Waals surface area contributed by atoms with Crippen molar-refractivity contribution in [3.05, 3.63) is 40.9 Å². The smallest absolute Gasteiger partial charge is 0.435 e. The van der Waals surface area contributed by atoms with Crippen molar-refractivity contribution < 1.29 is 17.9 Å². The average molecular weight is 272 g/mol. The Morgan fingerprint density at radius 2 is 2.05 bits per heavy atom. The number of nitrogens with zero attached hydrogens (tertiary/aromatic N) is 2. The molecule has 0 saturated carbocycles. The summed E-state index contributed by atoms with van der Waals surface area (Å²) in [5, 5.41) is 3.61. The van der Waals surface area contributed by atoms with E-state index in [1.54, 1.807) is 14.0 Å². The van der Waals surface area contributed by atoms with Gasteiger partial charge in [-0.3, -0.25) is 4.68 Å². The zero-order chi connectivity index (χ0) is 14.0. The van der Waals surface area contributed by atoms with Gasteiger partial charge >= 0.3 is 6.18 Å². The molecule has 3 nitrogen and oxygen atoms in total. The molecule has 19 heavy (non-hydrogen) atoms. The first-order valence-corrected chi connectivity index (χ1v) is 5.94. The standard InChI is InChI=1S/C13H15F3N2O/c1-9-7-12(13(14,15)16)17-18(9)8-10-3-5-11(19-2)6-4-10/h3,5,7H,4,6,8H2,1-2H3. The Morgan fingerprint density at radius 1 is 1.32 bits per heavy atom. The molecule has 2 rings (SSSR count). The second-order valence-corrected chi connectivity index (χ2v) is 4.49. The Labute approximate surface area is 109 Å². The van der Waals surface area contributed by atoms with E-state index < -0.39 is 11.9 Å². The van der Waals surface area contributed by atoms with E-state index in [0.29, 0.717) is 12.2 Å². The molecule has 1 aromatic heterocycles. The molecular formula is C13H15F3N2O. The molecule has 0 fully saturated rings. The fourth-order valence-electron chi connectivity index (χ4n) is 1.96. The van der Waals surface area contributed by atoms with Crippen LogP contribution in [-0.4, -0.2) is 16.9 Å². The van der Waals surface area contributed by atoms with Gasteiger partial charge in [-0.15, -0.1) is 0 Å². The van der Waals surface area contributed by atoms with Crippen LogP contribution in [0.15, 0.2) is 29.6 Å². The van der Waals surface area contributed by atoms with Crippen LogP contribution in [0.25, 0.3) is 0 Å². The number of rotatable bonds is 3. The normalized spacial score (nSPS) is 16.1. The minimum absolute atomic E-state index is 0.384. The molecule has 0 atom stereocenters. The molecule has 1 aromatic rings. The summed E-state index contributed by atoms with van der Waals surface area (Å²) in [5.41, 5.74) is 0.713. The van der Waals surface area contributed by atoms with Gasteiger partial charge < -0.3 is 4.74 Å². The van der Waals surface area contributed by atoms with Crippen LogP contribution in [0.3, 0.4) is 0 Å². The van der Waals surface area contributed by atoms with Crippen molar-refractivity contribution in [2.45, 2.75) is 32.5 Å². The number of halogens is 3. The summed E-state index contributed by atoms with van der Waals surface area (Å²) in [4.78, 5) is 0. The fraction of sp³-hybridized carbons (Fsp3) is 0.462. The highest BCUT2D eigenvalue weighted by Gasteiger charge is 2.34. The van der Waals surface area contributed by atoms with Gasteiger partial charge in [0, 0.05) is 12.1 Å². The van der Waals surface area contributed by atoms with Crippen molar-refractivity contribution in [3.8, 4) is 0 Å². The highest BCUT2D eigenvalue weighted by atomic mass is 19.4. The lowest BCUT2D eigenvalue weighted by Crippen LogP contribution is -2.10. The van der Waals surface area contributed by atoms with E-state index in [1.165, 1.54) is 4.68 Å². The van der Waals surface area contributed by atoms with Crippen LogP contribution in [0.1, 0.15) is 24.2 Å². The Bertz CT molecular complexity index is 526. The van der Waals surface area contributed by atoms with Gasteiger partial charge in [0.05, 0.1) is 19.4 Å². The van der Waals surface area contributed by atoms with Crippen LogP contribution in [0.2, 0.25) is 0 Å². The molecule has 0 saturated heterocycles. The Hall–Kier alpha value is -1.72. The van der Waals surface area contributed by atoms with Gasteiger partial charge in [-0.25, -0.2) is 0 Å². The van der Waals surface area contributed by atoms with Gasteiger partial charge in [0.25, 0.3) is 0 Å². The van der Waals surface area contributed by atoms with Crippen molar-refractivity contribution >= 4 is 0 Å². The van der Waals surface area contributed by atoms with Crippen molar-refractivity contribution in [2.24, 2.45) is 0 Å². The summed E-state index contributed by atoms with van der Waals surface area (Å²) >= 11 is 0. The Morgan fingerprint density at radius 3 is 2.53 bits per heavy atom. The van der Waals surface area contributed by atoms with Gasteiger partial charge in [-0.1, -0.05) is 6.08 Å². The lowest BCUT2D eigenvalue weighted by Gasteiger charge is -2.14. The zero-order valence-corrected chi connectivity index (χ0v) is 10.8. The average Bonchev–Trinajstić information content (AvgIpc) is 2.72. The summed E-state index contributed by atoms with van der Waals surface area (Å²) in [7, 11) is 1.61. The van der Waals surface area contributed by atoms with E-state index in [1.807, 2.05) is 12.2 Å². The van der Waals surface area contributed by atoms with Gasteiger partial charge in [0.2, 0.25) is 0 Å². The maximum absolute atomic E-state index is 12.5. The van der Waals surface area contributed by atoms with Crippen molar-refractivity contribution in [1.82, 2.24) is 9.78 Å². The summed E-state index contributed by atoms with van der Waals surface area (Å²) < 4.78 is 44.1. The predicted octanol–water partition coefficient (Wildman–Crippen LogP) is 3.46. The highest BCUT2D eigenvalue weighted by molar-refractivity contribution is 5.22. The first-order valence-electron chi connectivity index (χ1n) is 5.94. The van der Waals surface area contributed by atoms with E-state index in [4.69, 9.17) is 4.74 Å². The second-order valence-electron chi connectivity index (χ2n) is 4.49. The molecule has 1 aliphatic carbocycles. The van der Waals surface area contributed by atoms with Gasteiger partial charge in [-0.05, 0) is 31.1 Å². The minimum atomic E-state index is -4.39. The molecule has 0 aromatic carbocycles. The van der Waals surface area contributed by atoms with Crippen LogP contribution < -0.4 is 0 Å². The number of hydrogen-bond acceptors (Lipinski definition) is 2. The van der Waals surface area contributed by atoms with Crippen LogP contribution in [0.5, 0.6) is 0 Å². The number of hydrogen-bond donors (Lipinski definition) is 0. The lowest BCUT2D eigenvalue weighted by atomic mass is 10.0. The summed E-state index contributed by atoms with van der Waals surface area (Å²) in [6.07, 6.45) is 0.897. The monoisotopic (exact) mass is 272 g/mol. The molecule has 104 valence electrons. The number of aromatic nitrogens is 2. The number of methoxy groups -OCH3 is 1. The van der Waals surface area contributed by atoms with E-state index in [-0.39, 0.29) is 0 Å². The third-order valence-electron chi connectivity index (χ3n) is 3.08. The number of allylic oxidation sites excluding steroid dienone is 4. The first-order chi connectivity index (χ1) is 8.90. The third kappa shape index (κ3) is 3.19. The molecule has 1 heterocycles. The summed E-state index contributed by atoms with van der Waals surface area (Å²) in [6.45, 7) is 2.01. The number of alkyl halides is 3. The van der Waals surface area contributed by atoms with Gasteiger partial charge in [0.1, 0.15) is 0 Å². The van der Waals surface area contributed by atoms with Gasteiger partial charge in [0.15, 0.2) is 5.69 Å². The lowest BCUT2D eigenvalue weighted by molar-refractivity contribution is -0.141. The van der Waals surface area contributed by atoms with Crippen molar-refractivity contribution in [3.63, 3.8) is 0 Å². The Balaban J connectivity index is 2.15. The van der Waals surface area contributed by atoms with E-state index >= 15 is 0 Å². The van der Waals surface area contributed by atoms with Gasteiger partial charge in [-0.2, -0.15) is 18.3 Å². The molecule has 0 unspecified atom stereocenters. The summed E-state index contributed by atoms with van der Waals surface area (Å²) in [5.74, 6) is 0.886. The second kappa shape index (κ2) is 5.11. The van der Waals surface area contributed by atoms with Crippen LogP contribution >= 0.6 is 0 Å². The molecule has 0 aliphatic heterocycles. The minimum Gasteiger partial charge on any atom is -0.501 e. The zero-order valence-electron chi connectivity index (χ0n) is 10.8. The topological polar surface area (TPSA) is 27.1 Å². The quantitative estimate of drug-likeness (QED) is 0.842. The highest BCUT2D eigenvalue weighted by Crippen LogP contribution is 2.29. The molecule has 0 radical (unpaired) electrons. The van der Waals surface area contributed by atoms with Crippen molar-refractivity contribution in [2.75, 3.05) is 7.11 Å². The van der Waals surface area contributed by atoms with E-state index in [0.717, 1.165) is 30.2 Å². The molecular weight excluding hydrogens is 257 g/mol. The SMILES string of the molecule is COC1=CC=C(Cn2nc(C(F)(F)F)cc2C)CC1. The molecule has 6 heteroatoms. The predicted molar refractivity (Wildman–Crippen MR) is 64.4 cm³/mol. The fourth-order valence-corrected chi connectivity index (χ4v) is 1.96. The third-order valence-corrected chi connectivity index (χ3v) is 3.08. The maximum atomic E-state index is 12.5. The molecule has 0 bridgehead atoms. The molecule has 0 spiro atoms. The molecule has 0 N–H and O–H groups in total. The first kappa shape index (κ1) is 13.7. The molecule has 1 aliphatic rings.